The van der Waals surface area contributed by atoms with Crippen LogP contribution in [0.4, 0.5) is 17.1 Å². The second kappa shape index (κ2) is 11.9. The van der Waals surface area contributed by atoms with Gasteiger partial charge in [-0.3, -0.25) is 0 Å². The molecule has 9 aromatic carbocycles. The summed E-state index contributed by atoms with van der Waals surface area (Å²) < 4.78 is 9.36. The average Bonchev–Trinajstić information content (AvgIpc) is 3.81. The summed E-state index contributed by atoms with van der Waals surface area (Å²) in [5.74, 6) is 0. The van der Waals surface area contributed by atoms with Gasteiger partial charge in [0.25, 0.3) is 0 Å². The van der Waals surface area contributed by atoms with Gasteiger partial charge >= 0.3 is 0 Å². The Bertz CT molecular complexity index is 3180. The van der Waals surface area contributed by atoms with Crippen molar-refractivity contribution in [1.82, 2.24) is 0 Å². The standard InChI is InChI=1S/C50H31NOS/c1-3-13-32(14-4-1)36-30-44(48-42-20-10-12-22-46(42)53-47(48)31-36)51(37-25-26-39-35(29-37)24-23-34-17-7-8-18-38(34)39)43-28-27-40(33-15-5-2-6-16-33)50-49(43)41-19-9-11-21-45(41)52-50/h1-31H. The first-order chi connectivity index (χ1) is 26.3. The summed E-state index contributed by atoms with van der Waals surface area (Å²) in [5.41, 5.74) is 9.65. The highest BCUT2D eigenvalue weighted by Gasteiger charge is 2.25. The molecule has 0 spiro atoms. The van der Waals surface area contributed by atoms with Gasteiger partial charge in [0.05, 0.1) is 16.8 Å². The Morgan fingerprint density at radius 3 is 1.92 bits per heavy atom. The summed E-state index contributed by atoms with van der Waals surface area (Å²) in [6.45, 7) is 0. The van der Waals surface area contributed by atoms with Crippen molar-refractivity contribution in [2.24, 2.45) is 0 Å². The number of para-hydroxylation sites is 1. The molecule has 2 heterocycles. The molecular weight excluding hydrogens is 663 g/mol. The fourth-order valence-electron chi connectivity index (χ4n) is 8.20. The van der Waals surface area contributed by atoms with Crippen molar-refractivity contribution in [1.29, 1.82) is 0 Å². The van der Waals surface area contributed by atoms with Gasteiger partial charge in [-0.2, -0.15) is 0 Å². The number of benzene rings is 9. The topological polar surface area (TPSA) is 16.4 Å². The number of furan rings is 1. The molecular formula is C50H31NOS. The zero-order valence-electron chi connectivity index (χ0n) is 28.7. The van der Waals surface area contributed by atoms with Gasteiger partial charge in [0.1, 0.15) is 11.2 Å². The number of anilines is 3. The summed E-state index contributed by atoms with van der Waals surface area (Å²) in [6, 6.07) is 68.0. The molecule has 0 atom stereocenters. The van der Waals surface area contributed by atoms with Crippen LogP contribution < -0.4 is 4.90 Å². The predicted octanol–water partition coefficient (Wildman–Crippen LogP) is 15.1. The third-order valence-corrected chi connectivity index (χ3v) is 11.7. The summed E-state index contributed by atoms with van der Waals surface area (Å²) in [4.78, 5) is 2.49. The normalized spacial score (nSPS) is 11.8. The monoisotopic (exact) mass is 693 g/mol. The second-order valence-electron chi connectivity index (χ2n) is 13.7. The van der Waals surface area contributed by atoms with E-state index in [1.165, 1.54) is 52.8 Å². The Morgan fingerprint density at radius 2 is 1.08 bits per heavy atom. The highest BCUT2D eigenvalue weighted by atomic mass is 32.1. The SMILES string of the molecule is c1ccc(-c2cc(N(c3ccc4c(ccc5ccccc54)c3)c3ccc(-c4ccccc4)c4oc5ccccc5c34)c3c(c2)sc2ccccc23)cc1. The molecule has 0 saturated carbocycles. The van der Waals surface area contributed by atoms with E-state index in [0.717, 1.165) is 50.1 Å². The van der Waals surface area contributed by atoms with Gasteiger partial charge < -0.3 is 9.32 Å². The first-order valence-electron chi connectivity index (χ1n) is 18.0. The maximum absolute atomic E-state index is 6.83. The quantitative estimate of drug-likeness (QED) is 0.167. The molecule has 248 valence electrons. The molecule has 11 rings (SSSR count). The smallest absolute Gasteiger partial charge is 0.145 e. The Labute approximate surface area is 310 Å². The summed E-state index contributed by atoms with van der Waals surface area (Å²) >= 11 is 1.86. The van der Waals surface area contributed by atoms with Crippen LogP contribution >= 0.6 is 11.3 Å². The summed E-state index contributed by atoms with van der Waals surface area (Å²) in [6.07, 6.45) is 0. The summed E-state index contributed by atoms with van der Waals surface area (Å²) in [5, 5.41) is 9.65. The van der Waals surface area contributed by atoms with E-state index in [9.17, 15) is 0 Å². The van der Waals surface area contributed by atoms with Crippen LogP contribution in [0, 0.1) is 0 Å². The fourth-order valence-corrected chi connectivity index (χ4v) is 9.36. The third-order valence-electron chi connectivity index (χ3n) is 10.6. The largest absolute Gasteiger partial charge is 0.455 e. The van der Waals surface area contributed by atoms with Crippen LogP contribution in [-0.4, -0.2) is 0 Å². The molecule has 53 heavy (non-hydrogen) atoms. The van der Waals surface area contributed by atoms with Gasteiger partial charge in [-0.25, -0.2) is 0 Å². The molecule has 2 aromatic heterocycles. The zero-order valence-corrected chi connectivity index (χ0v) is 29.5. The molecule has 0 aliphatic carbocycles. The molecule has 0 N–H and O–H groups in total. The van der Waals surface area contributed by atoms with Crippen molar-refractivity contribution in [2.75, 3.05) is 4.90 Å². The van der Waals surface area contributed by atoms with Gasteiger partial charge in [-0.15, -0.1) is 11.3 Å². The van der Waals surface area contributed by atoms with E-state index in [2.05, 4.69) is 193 Å². The number of fused-ring (bicyclic) bond motifs is 9. The Balaban J connectivity index is 1.29. The minimum Gasteiger partial charge on any atom is -0.455 e. The third kappa shape index (κ3) is 4.78. The maximum Gasteiger partial charge on any atom is 0.145 e. The first kappa shape index (κ1) is 30.0. The number of thiophene rings is 1. The van der Waals surface area contributed by atoms with Crippen LogP contribution in [0.1, 0.15) is 0 Å². The van der Waals surface area contributed by atoms with Crippen molar-refractivity contribution in [2.45, 2.75) is 0 Å². The molecule has 0 fully saturated rings. The van der Waals surface area contributed by atoms with Gasteiger partial charge in [0.15, 0.2) is 0 Å². The average molecular weight is 694 g/mol. The Hall–Kier alpha value is -6.68. The highest BCUT2D eigenvalue weighted by molar-refractivity contribution is 7.26. The van der Waals surface area contributed by atoms with Crippen molar-refractivity contribution in [3.63, 3.8) is 0 Å². The van der Waals surface area contributed by atoms with Gasteiger partial charge in [-0.05, 0) is 86.8 Å². The molecule has 0 radical (unpaired) electrons. The number of hydrogen-bond donors (Lipinski definition) is 0. The molecule has 0 bridgehead atoms. The molecule has 0 amide bonds. The maximum atomic E-state index is 6.83. The van der Waals surface area contributed by atoms with E-state index < -0.39 is 0 Å². The van der Waals surface area contributed by atoms with Crippen molar-refractivity contribution >= 4 is 92.1 Å². The Morgan fingerprint density at radius 1 is 0.396 bits per heavy atom. The molecule has 0 aliphatic heterocycles. The molecule has 0 saturated heterocycles. The molecule has 0 unspecified atom stereocenters. The van der Waals surface area contributed by atoms with E-state index in [4.69, 9.17) is 4.42 Å². The highest BCUT2D eigenvalue weighted by Crippen LogP contribution is 2.51. The fraction of sp³-hybridized carbons (Fsp3) is 0. The molecule has 0 aliphatic rings. The van der Waals surface area contributed by atoms with E-state index >= 15 is 0 Å². The second-order valence-corrected chi connectivity index (χ2v) is 14.7. The van der Waals surface area contributed by atoms with Crippen LogP contribution in [0.5, 0.6) is 0 Å². The number of rotatable bonds is 5. The lowest BCUT2D eigenvalue weighted by Gasteiger charge is -2.28. The van der Waals surface area contributed by atoms with Crippen LogP contribution in [-0.2, 0) is 0 Å². The van der Waals surface area contributed by atoms with Crippen LogP contribution in [0.15, 0.2) is 192 Å². The number of hydrogen-bond acceptors (Lipinski definition) is 3. The zero-order chi connectivity index (χ0) is 34.9. The lowest BCUT2D eigenvalue weighted by atomic mass is 9.97. The minimum absolute atomic E-state index is 0.876. The van der Waals surface area contributed by atoms with E-state index in [1.54, 1.807) is 0 Å². The lowest BCUT2D eigenvalue weighted by molar-refractivity contribution is 0.670. The Kier molecular flexibility index (Phi) is 6.76. The van der Waals surface area contributed by atoms with Crippen molar-refractivity contribution in [3.8, 4) is 22.3 Å². The van der Waals surface area contributed by atoms with Gasteiger partial charge in [0, 0.05) is 36.8 Å². The number of nitrogens with zero attached hydrogens (tertiary/aromatic N) is 1. The van der Waals surface area contributed by atoms with Crippen LogP contribution in [0.25, 0.3) is 85.9 Å². The summed E-state index contributed by atoms with van der Waals surface area (Å²) in [7, 11) is 0. The van der Waals surface area contributed by atoms with Crippen molar-refractivity contribution in [3.05, 3.63) is 188 Å². The molecule has 2 nitrogen and oxygen atoms in total. The van der Waals surface area contributed by atoms with Crippen LogP contribution in [0.3, 0.4) is 0 Å². The first-order valence-corrected chi connectivity index (χ1v) is 18.8. The van der Waals surface area contributed by atoms with Crippen molar-refractivity contribution < 1.29 is 4.42 Å². The minimum atomic E-state index is 0.876. The molecule has 3 heteroatoms. The van der Waals surface area contributed by atoms with Crippen LogP contribution in [0.2, 0.25) is 0 Å². The van der Waals surface area contributed by atoms with E-state index in [0.29, 0.717) is 0 Å². The van der Waals surface area contributed by atoms with Gasteiger partial charge in [-0.1, -0.05) is 140 Å². The lowest BCUT2D eigenvalue weighted by Crippen LogP contribution is -2.11. The van der Waals surface area contributed by atoms with E-state index in [-0.39, 0.29) is 0 Å². The van der Waals surface area contributed by atoms with Gasteiger partial charge in [0.2, 0.25) is 0 Å². The van der Waals surface area contributed by atoms with E-state index in [1.807, 2.05) is 11.3 Å². The molecule has 11 aromatic rings. The predicted molar refractivity (Wildman–Crippen MR) is 227 cm³/mol.